The van der Waals surface area contributed by atoms with E-state index in [-0.39, 0.29) is 12.3 Å². The number of carboxylic acid groups (broad SMARTS) is 1. The van der Waals surface area contributed by atoms with Crippen LogP contribution >= 0.6 is 0 Å². The normalized spacial score (nSPS) is 16.1. The smallest absolute Gasteiger partial charge is 0.303 e. The first-order chi connectivity index (χ1) is 8.24. The van der Waals surface area contributed by atoms with Crippen LogP contribution in [0.5, 0.6) is 0 Å². The average Bonchev–Trinajstić information content (AvgIpc) is 2.70. The van der Waals surface area contributed by atoms with E-state index in [2.05, 4.69) is 9.88 Å². The van der Waals surface area contributed by atoms with Crippen LogP contribution < -0.4 is 4.90 Å². The van der Waals surface area contributed by atoms with Crippen molar-refractivity contribution in [3.63, 3.8) is 0 Å². The third-order valence-corrected chi connectivity index (χ3v) is 3.08. The summed E-state index contributed by atoms with van der Waals surface area (Å²) >= 11 is 0. The van der Waals surface area contributed by atoms with Gasteiger partial charge in [-0.1, -0.05) is 0 Å². The van der Waals surface area contributed by atoms with Gasteiger partial charge in [0.05, 0.1) is 18.1 Å². The molecule has 3 rings (SSSR count). The predicted molar refractivity (Wildman–Crippen MR) is 62.0 cm³/mol. The topological polar surface area (TPSA) is 66.6 Å². The highest BCUT2D eigenvalue weighted by Crippen LogP contribution is 2.31. The maximum absolute atomic E-state index is 10.6. The van der Waals surface area contributed by atoms with Crippen LogP contribution in [-0.4, -0.2) is 29.1 Å². The first kappa shape index (κ1) is 10.1. The molecule has 1 saturated heterocycles. The van der Waals surface area contributed by atoms with Crippen LogP contribution in [0, 0.1) is 5.92 Å². The molecule has 1 aliphatic rings. The molecule has 5 nitrogen and oxygen atoms in total. The van der Waals surface area contributed by atoms with Gasteiger partial charge >= 0.3 is 5.97 Å². The quantitative estimate of drug-likeness (QED) is 0.873. The Balaban J connectivity index is 1.78. The second kappa shape index (κ2) is 3.76. The van der Waals surface area contributed by atoms with Crippen molar-refractivity contribution in [2.24, 2.45) is 5.92 Å². The summed E-state index contributed by atoms with van der Waals surface area (Å²) in [5.74, 6) is 0.387. The van der Waals surface area contributed by atoms with E-state index >= 15 is 0 Å². The highest BCUT2D eigenvalue weighted by molar-refractivity contribution is 5.88. The maximum atomic E-state index is 10.6. The lowest BCUT2D eigenvalue weighted by Crippen LogP contribution is -2.48. The first-order valence-corrected chi connectivity index (χ1v) is 5.53. The molecule has 1 fully saturated rings. The molecule has 2 aromatic heterocycles. The van der Waals surface area contributed by atoms with Gasteiger partial charge in [-0.25, -0.2) is 4.98 Å². The Morgan fingerprint density at radius 1 is 1.53 bits per heavy atom. The van der Waals surface area contributed by atoms with Crippen LogP contribution in [0.2, 0.25) is 0 Å². The van der Waals surface area contributed by atoms with E-state index in [0.29, 0.717) is 0 Å². The van der Waals surface area contributed by atoms with E-state index in [0.717, 1.165) is 29.9 Å². The number of carboxylic acids is 1. The number of pyridine rings is 1. The molecule has 0 atom stereocenters. The number of aromatic nitrogens is 1. The molecule has 1 aliphatic heterocycles. The largest absolute Gasteiger partial charge is 0.481 e. The van der Waals surface area contributed by atoms with Crippen LogP contribution in [0.15, 0.2) is 29.0 Å². The second-order valence-corrected chi connectivity index (χ2v) is 4.34. The number of aliphatic carboxylic acids is 1. The Morgan fingerprint density at radius 3 is 3.12 bits per heavy atom. The number of carbonyl (C=O) groups is 1. The summed E-state index contributed by atoms with van der Waals surface area (Å²) in [4.78, 5) is 17.0. The first-order valence-electron chi connectivity index (χ1n) is 5.53. The molecule has 88 valence electrons. The van der Waals surface area contributed by atoms with Crippen LogP contribution in [0.3, 0.4) is 0 Å². The molecule has 5 heteroatoms. The van der Waals surface area contributed by atoms with Crippen LogP contribution in [-0.2, 0) is 4.79 Å². The van der Waals surface area contributed by atoms with Crippen LogP contribution in [0.1, 0.15) is 6.42 Å². The zero-order valence-electron chi connectivity index (χ0n) is 9.17. The second-order valence-electron chi connectivity index (χ2n) is 4.34. The molecule has 0 amide bonds. The molecule has 0 radical (unpaired) electrons. The zero-order valence-corrected chi connectivity index (χ0v) is 9.17. The maximum Gasteiger partial charge on any atom is 0.303 e. The minimum Gasteiger partial charge on any atom is -0.481 e. The Kier molecular flexibility index (Phi) is 2.24. The van der Waals surface area contributed by atoms with E-state index in [1.165, 1.54) is 0 Å². The minimum atomic E-state index is -0.732. The van der Waals surface area contributed by atoms with Crippen molar-refractivity contribution in [3.05, 3.63) is 24.6 Å². The van der Waals surface area contributed by atoms with Crippen molar-refractivity contribution >= 4 is 22.8 Å². The van der Waals surface area contributed by atoms with E-state index in [1.54, 1.807) is 12.5 Å². The molecule has 17 heavy (non-hydrogen) atoms. The summed E-state index contributed by atoms with van der Waals surface area (Å²) in [6, 6.07) is 3.72. The lowest BCUT2D eigenvalue weighted by atomic mass is 9.96. The van der Waals surface area contributed by atoms with Crippen LogP contribution in [0.4, 0.5) is 5.82 Å². The fourth-order valence-electron chi connectivity index (χ4n) is 2.25. The molecule has 0 saturated carbocycles. The monoisotopic (exact) mass is 232 g/mol. The Morgan fingerprint density at radius 2 is 2.35 bits per heavy atom. The van der Waals surface area contributed by atoms with Gasteiger partial charge < -0.3 is 14.4 Å². The molecule has 2 aromatic rings. The molecule has 0 aromatic carbocycles. The molecule has 0 aliphatic carbocycles. The minimum absolute atomic E-state index is 0.233. The third-order valence-electron chi connectivity index (χ3n) is 3.08. The number of nitrogens with zero attached hydrogens (tertiary/aromatic N) is 2. The number of fused-ring (bicyclic) bond motifs is 1. The summed E-state index contributed by atoms with van der Waals surface area (Å²) in [7, 11) is 0. The molecule has 1 N–H and O–H groups in total. The lowest BCUT2D eigenvalue weighted by molar-refractivity contribution is -0.138. The third kappa shape index (κ3) is 1.73. The highest BCUT2D eigenvalue weighted by atomic mass is 16.4. The predicted octanol–water partition coefficient (Wildman–Crippen LogP) is 1.74. The Hall–Kier alpha value is -2.04. The summed E-state index contributed by atoms with van der Waals surface area (Å²) in [6.45, 7) is 1.51. The highest BCUT2D eigenvalue weighted by Gasteiger charge is 2.30. The lowest BCUT2D eigenvalue weighted by Gasteiger charge is -2.39. The van der Waals surface area contributed by atoms with E-state index in [9.17, 15) is 4.79 Å². The number of anilines is 1. The molecule has 0 unspecified atom stereocenters. The molecular weight excluding hydrogens is 220 g/mol. The average molecular weight is 232 g/mol. The van der Waals surface area contributed by atoms with Gasteiger partial charge in [0, 0.05) is 25.2 Å². The fraction of sp³-hybridized carbons (Fsp3) is 0.333. The fourth-order valence-corrected chi connectivity index (χ4v) is 2.25. The van der Waals surface area contributed by atoms with Gasteiger partial charge in [0.1, 0.15) is 11.4 Å². The molecular formula is C12H12N2O3. The van der Waals surface area contributed by atoms with Crippen molar-refractivity contribution in [1.82, 2.24) is 4.98 Å². The molecule has 0 spiro atoms. The molecule has 0 bridgehead atoms. The summed E-state index contributed by atoms with van der Waals surface area (Å²) < 4.78 is 5.31. The van der Waals surface area contributed by atoms with E-state index in [1.807, 2.05) is 12.1 Å². The zero-order chi connectivity index (χ0) is 11.8. The van der Waals surface area contributed by atoms with Gasteiger partial charge in [-0.2, -0.15) is 0 Å². The Labute approximate surface area is 97.7 Å². The van der Waals surface area contributed by atoms with Crippen molar-refractivity contribution in [2.75, 3.05) is 18.0 Å². The van der Waals surface area contributed by atoms with Crippen molar-refractivity contribution in [3.8, 4) is 0 Å². The van der Waals surface area contributed by atoms with Crippen LogP contribution in [0.25, 0.3) is 11.0 Å². The number of furan rings is 1. The molecule has 3 heterocycles. The number of rotatable bonds is 3. The number of hydrogen-bond acceptors (Lipinski definition) is 4. The van der Waals surface area contributed by atoms with Gasteiger partial charge in [-0.05, 0) is 12.1 Å². The summed E-state index contributed by atoms with van der Waals surface area (Å²) in [5.41, 5.74) is 0.816. The van der Waals surface area contributed by atoms with Gasteiger partial charge in [-0.15, -0.1) is 0 Å². The SMILES string of the molecule is O=C(O)CC1CN(c2nccc3occc23)C1. The van der Waals surface area contributed by atoms with Crippen molar-refractivity contribution < 1.29 is 14.3 Å². The summed E-state index contributed by atoms with van der Waals surface area (Å²) in [6.07, 6.45) is 3.59. The Bertz CT molecular complexity index is 558. The van der Waals surface area contributed by atoms with Gasteiger partial charge in [0.2, 0.25) is 0 Å². The summed E-state index contributed by atoms with van der Waals surface area (Å²) in [5, 5.41) is 9.68. The number of hydrogen-bond donors (Lipinski definition) is 1. The van der Waals surface area contributed by atoms with Gasteiger partial charge in [0.15, 0.2) is 0 Å². The van der Waals surface area contributed by atoms with Crippen molar-refractivity contribution in [2.45, 2.75) is 6.42 Å². The van der Waals surface area contributed by atoms with E-state index < -0.39 is 5.97 Å². The van der Waals surface area contributed by atoms with Gasteiger partial charge in [-0.3, -0.25) is 4.79 Å². The standard InChI is InChI=1S/C12H12N2O3/c15-11(16)5-8-6-14(7-8)12-9-2-4-17-10(9)1-3-13-12/h1-4,8H,5-7H2,(H,15,16). The van der Waals surface area contributed by atoms with Crippen molar-refractivity contribution in [1.29, 1.82) is 0 Å². The van der Waals surface area contributed by atoms with E-state index in [4.69, 9.17) is 9.52 Å². The van der Waals surface area contributed by atoms with Gasteiger partial charge in [0.25, 0.3) is 0 Å².